The van der Waals surface area contributed by atoms with Crippen LogP contribution in [0.15, 0.2) is 36.4 Å². The lowest BCUT2D eigenvalue weighted by atomic mass is 9.95. The van der Waals surface area contributed by atoms with Crippen molar-refractivity contribution in [2.75, 3.05) is 25.6 Å². The van der Waals surface area contributed by atoms with Crippen molar-refractivity contribution in [1.82, 2.24) is 10.2 Å². The molecule has 9 heteroatoms. The van der Waals surface area contributed by atoms with Crippen LogP contribution in [-0.4, -0.2) is 55.0 Å². The molecule has 0 spiro atoms. The Balaban J connectivity index is 1.61. The van der Waals surface area contributed by atoms with Crippen LogP contribution in [0.25, 0.3) is 11.1 Å². The maximum absolute atomic E-state index is 14.2. The van der Waals surface area contributed by atoms with Crippen LogP contribution in [0.1, 0.15) is 23.2 Å². The van der Waals surface area contributed by atoms with E-state index in [1.807, 2.05) is 0 Å². The molecule has 3 amide bonds. The number of piperidine rings is 1. The van der Waals surface area contributed by atoms with Crippen molar-refractivity contribution in [3.8, 4) is 11.1 Å². The molecule has 2 aromatic carbocycles. The number of hydrogen-bond acceptors (Lipinski definition) is 4. The van der Waals surface area contributed by atoms with Gasteiger partial charge in [0.2, 0.25) is 11.8 Å². The molecule has 0 saturated carbocycles. The van der Waals surface area contributed by atoms with Gasteiger partial charge in [-0.05, 0) is 42.7 Å². The van der Waals surface area contributed by atoms with Crippen molar-refractivity contribution < 1.29 is 27.9 Å². The first kappa shape index (κ1) is 20.9. The number of fused-ring (bicyclic) bond motifs is 2. The van der Waals surface area contributed by atoms with E-state index >= 15 is 0 Å². The van der Waals surface area contributed by atoms with Crippen LogP contribution in [0, 0.1) is 11.6 Å². The summed E-state index contributed by atoms with van der Waals surface area (Å²) in [7, 11) is 1.42. The minimum Gasteiger partial charge on any atom is -0.375 e. The molecule has 2 heterocycles. The maximum Gasteiger partial charge on any atom is 0.256 e. The molecule has 7 nitrogen and oxygen atoms in total. The summed E-state index contributed by atoms with van der Waals surface area (Å²) in [6.45, 7) is 0.202. The average Bonchev–Trinajstić information content (AvgIpc) is 2.83. The SMILES string of the molecule is COCC(=O)N[C@H]1CCN2C(=O)c3cc(-c4ccc(F)cc4F)ccc3NC(=O)[C@@H]2C1. The van der Waals surface area contributed by atoms with Gasteiger partial charge in [0.05, 0.1) is 11.3 Å². The molecule has 2 aliphatic heterocycles. The van der Waals surface area contributed by atoms with Gasteiger partial charge < -0.3 is 20.3 Å². The summed E-state index contributed by atoms with van der Waals surface area (Å²) in [5.74, 6) is -2.42. The van der Waals surface area contributed by atoms with Gasteiger partial charge >= 0.3 is 0 Å². The highest BCUT2D eigenvalue weighted by Gasteiger charge is 2.40. The first-order valence-electron chi connectivity index (χ1n) is 9.87. The van der Waals surface area contributed by atoms with Crippen molar-refractivity contribution in [2.24, 2.45) is 0 Å². The van der Waals surface area contributed by atoms with Gasteiger partial charge in [0.25, 0.3) is 5.91 Å². The minimum atomic E-state index is -0.743. The second-order valence-electron chi connectivity index (χ2n) is 7.61. The fraction of sp³-hybridized carbons (Fsp3) is 0.318. The molecule has 4 rings (SSSR count). The number of anilines is 1. The predicted molar refractivity (Wildman–Crippen MR) is 108 cm³/mol. The van der Waals surface area contributed by atoms with Gasteiger partial charge in [0, 0.05) is 31.3 Å². The standard InChI is InChI=1S/C22H21F2N3O4/c1-31-11-20(28)25-14-6-7-27-19(10-14)21(29)26-18-5-2-12(8-16(18)22(27)30)15-4-3-13(23)9-17(15)24/h2-5,8-9,14,19H,6-7,10-11H2,1H3,(H,25,28)(H,26,29)/t14-,19-/m0/s1. The van der Waals surface area contributed by atoms with Crippen LogP contribution in [0.2, 0.25) is 0 Å². The third-order valence-corrected chi connectivity index (χ3v) is 5.56. The Labute approximate surface area is 177 Å². The number of benzene rings is 2. The zero-order valence-electron chi connectivity index (χ0n) is 16.8. The molecule has 0 bridgehead atoms. The van der Waals surface area contributed by atoms with Crippen LogP contribution in [0.5, 0.6) is 0 Å². The van der Waals surface area contributed by atoms with Crippen LogP contribution < -0.4 is 10.6 Å². The first-order chi connectivity index (χ1) is 14.9. The number of nitrogens with one attached hydrogen (secondary N) is 2. The van der Waals surface area contributed by atoms with E-state index in [2.05, 4.69) is 10.6 Å². The number of carbonyl (C=O) groups excluding carboxylic acids is 3. The van der Waals surface area contributed by atoms with E-state index in [-0.39, 0.29) is 54.5 Å². The van der Waals surface area contributed by atoms with Crippen molar-refractivity contribution in [2.45, 2.75) is 24.9 Å². The van der Waals surface area contributed by atoms with E-state index in [1.54, 1.807) is 12.1 Å². The van der Waals surface area contributed by atoms with E-state index in [4.69, 9.17) is 4.74 Å². The van der Waals surface area contributed by atoms with Gasteiger partial charge in [0.1, 0.15) is 24.3 Å². The maximum atomic E-state index is 14.2. The highest BCUT2D eigenvalue weighted by Crippen LogP contribution is 2.32. The van der Waals surface area contributed by atoms with E-state index < -0.39 is 17.7 Å². The van der Waals surface area contributed by atoms with Gasteiger partial charge in [-0.15, -0.1) is 0 Å². The molecule has 0 aromatic heterocycles. The summed E-state index contributed by atoms with van der Waals surface area (Å²) in [5.41, 5.74) is 1.12. The van der Waals surface area contributed by atoms with Crippen molar-refractivity contribution in [3.63, 3.8) is 0 Å². The van der Waals surface area contributed by atoms with E-state index in [0.717, 1.165) is 12.1 Å². The Bertz CT molecular complexity index is 1060. The molecule has 1 saturated heterocycles. The van der Waals surface area contributed by atoms with Gasteiger partial charge in [-0.25, -0.2) is 8.78 Å². The Morgan fingerprint density at radius 1 is 1.19 bits per heavy atom. The predicted octanol–water partition coefficient (Wildman–Crippen LogP) is 2.32. The number of nitrogens with zero attached hydrogens (tertiary/aromatic N) is 1. The zero-order valence-corrected chi connectivity index (χ0v) is 16.8. The van der Waals surface area contributed by atoms with E-state index in [9.17, 15) is 23.2 Å². The number of hydrogen-bond donors (Lipinski definition) is 2. The molecule has 0 unspecified atom stereocenters. The molecule has 2 N–H and O–H groups in total. The number of ether oxygens (including phenoxy) is 1. The number of amides is 3. The Morgan fingerprint density at radius 3 is 2.74 bits per heavy atom. The fourth-order valence-corrected chi connectivity index (χ4v) is 4.08. The van der Waals surface area contributed by atoms with Crippen molar-refractivity contribution >= 4 is 23.4 Å². The van der Waals surface area contributed by atoms with E-state index in [0.29, 0.717) is 17.7 Å². The van der Waals surface area contributed by atoms with Gasteiger partial charge in [-0.2, -0.15) is 0 Å². The van der Waals surface area contributed by atoms with Gasteiger partial charge in [0.15, 0.2) is 0 Å². The first-order valence-corrected chi connectivity index (χ1v) is 9.87. The highest BCUT2D eigenvalue weighted by molar-refractivity contribution is 6.10. The molecular weight excluding hydrogens is 408 g/mol. The number of carbonyl (C=O) groups is 3. The van der Waals surface area contributed by atoms with Crippen LogP contribution in [-0.2, 0) is 14.3 Å². The summed E-state index contributed by atoms with van der Waals surface area (Å²) < 4.78 is 32.3. The monoisotopic (exact) mass is 429 g/mol. The lowest BCUT2D eigenvalue weighted by Crippen LogP contribution is -2.55. The number of halogens is 2. The second kappa shape index (κ2) is 8.43. The molecule has 31 heavy (non-hydrogen) atoms. The van der Waals surface area contributed by atoms with Crippen LogP contribution in [0.3, 0.4) is 0 Å². The van der Waals surface area contributed by atoms with Crippen LogP contribution in [0.4, 0.5) is 14.5 Å². The fourth-order valence-electron chi connectivity index (χ4n) is 4.08. The molecule has 0 radical (unpaired) electrons. The molecule has 2 aromatic rings. The molecule has 2 atom stereocenters. The quantitative estimate of drug-likeness (QED) is 0.781. The summed E-state index contributed by atoms with van der Waals surface area (Å²) in [6.07, 6.45) is 0.771. The zero-order chi connectivity index (χ0) is 22.1. The summed E-state index contributed by atoms with van der Waals surface area (Å²) in [6, 6.07) is 6.85. The lowest BCUT2D eigenvalue weighted by molar-refractivity contribution is -0.127. The topological polar surface area (TPSA) is 87.7 Å². The Hall–Kier alpha value is -3.33. The summed E-state index contributed by atoms with van der Waals surface area (Å²) in [5, 5.41) is 5.58. The minimum absolute atomic E-state index is 0.0792. The normalized spacial score (nSPS) is 20.4. The van der Waals surface area contributed by atoms with Gasteiger partial charge in [-0.3, -0.25) is 14.4 Å². The summed E-state index contributed by atoms with van der Waals surface area (Å²) >= 11 is 0. The van der Waals surface area contributed by atoms with Crippen molar-refractivity contribution in [1.29, 1.82) is 0 Å². The second-order valence-corrected chi connectivity index (χ2v) is 7.61. The number of methoxy groups -OCH3 is 1. The van der Waals surface area contributed by atoms with Crippen LogP contribution >= 0.6 is 0 Å². The molecule has 162 valence electrons. The third kappa shape index (κ3) is 4.13. The molecule has 1 fully saturated rings. The molecule has 2 aliphatic rings. The number of rotatable bonds is 4. The highest BCUT2D eigenvalue weighted by atomic mass is 19.1. The Morgan fingerprint density at radius 2 is 2.00 bits per heavy atom. The molecular formula is C22H21F2N3O4. The summed E-state index contributed by atoms with van der Waals surface area (Å²) in [4.78, 5) is 39.3. The smallest absolute Gasteiger partial charge is 0.256 e. The Kier molecular flexibility index (Phi) is 5.69. The molecule has 0 aliphatic carbocycles. The van der Waals surface area contributed by atoms with E-state index in [1.165, 1.54) is 24.1 Å². The largest absolute Gasteiger partial charge is 0.375 e. The third-order valence-electron chi connectivity index (χ3n) is 5.56. The van der Waals surface area contributed by atoms with Crippen molar-refractivity contribution in [3.05, 3.63) is 53.6 Å². The van der Waals surface area contributed by atoms with Gasteiger partial charge in [-0.1, -0.05) is 6.07 Å². The average molecular weight is 429 g/mol. The lowest BCUT2D eigenvalue weighted by Gasteiger charge is -2.37.